The first-order chi connectivity index (χ1) is 14.6. The number of hydrogen-bond acceptors (Lipinski definition) is 4. The monoisotopic (exact) mass is 418 g/mol. The van der Waals surface area contributed by atoms with Gasteiger partial charge in [0.15, 0.2) is 12.6 Å². The fourth-order valence-electron chi connectivity index (χ4n) is 2.71. The quantitative estimate of drug-likeness (QED) is 0.246. The number of carbonyl (C=O) groups is 1. The zero-order valence-corrected chi connectivity index (χ0v) is 18.7. The van der Waals surface area contributed by atoms with Crippen LogP contribution in [0.3, 0.4) is 0 Å². The molecule has 0 atom stereocenters. The fraction of sp³-hybridized carbons (Fsp3) is 0.652. The van der Waals surface area contributed by atoms with E-state index in [1.54, 1.807) is 0 Å². The van der Waals surface area contributed by atoms with Gasteiger partial charge in [-0.05, 0) is 56.2 Å². The van der Waals surface area contributed by atoms with Crippen LogP contribution in [0.5, 0.6) is 5.75 Å². The fourth-order valence-corrected chi connectivity index (χ4v) is 2.71. The molecule has 1 fully saturated rings. The number of nitrogens with one attached hydrogen (secondary N) is 3. The molecule has 0 bridgehead atoms. The van der Waals surface area contributed by atoms with Gasteiger partial charge in [0.1, 0.15) is 5.75 Å². The maximum absolute atomic E-state index is 11.7. The van der Waals surface area contributed by atoms with E-state index in [2.05, 4.69) is 41.7 Å². The summed E-state index contributed by atoms with van der Waals surface area (Å²) in [6.45, 7) is 10.2. The van der Waals surface area contributed by atoms with Crippen molar-refractivity contribution in [2.45, 2.75) is 52.5 Å². The number of benzene rings is 1. The Morgan fingerprint density at radius 1 is 1.17 bits per heavy atom. The lowest BCUT2D eigenvalue weighted by Gasteiger charge is -2.12. The molecule has 1 aliphatic carbocycles. The minimum absolute atomic E-state index is 0.0497. The summed E-state index contributed by atoms with van der Waals surface area (Å²) in [5.74, 6) is 2.14. The van der Waals surface area contributed by atoms with Crippen LogP contribution in [0.15, 0.2) is 29.3 Å². The van der Waals surface area contributed by atoms with Gasteiger partial charge < -0.3 is 25.4 Å². The van der Waals surface area contributed by atoms with Crippen LogP contribution in [0.4, 0.5) is 0 Å². The van der Waals surface area contributed by atoms with E-state index in [0.717, 1.165) is 51.3 Å². The average Bonchev–Trinajstić information content (AvgIpc) is 3.53. The molecule has 0 saturated heterocycles. The van der Waals surface area contributed by atoms with Crippen LogP contribution in [0.1, 0.15) is 45.6 Å². The highest BCUT2D eigenvalue weighted by atomic mass is 16.5. The van der Waals surface area contributed by atoms with Crippen LogP contribution >= 0.6 is 0 Å². The summed E-state index contributed by atoms with van der Waals surface area (Å²) in [6, 6.07) is 8.25. The summed E-state index contributed by atoms with van der Waals surface area (Å²) in [6.07, 6.45) is 4.12. The second-order valence-electron chi connectivity index (χ2n) is 8.01. The van der Waals surface area contributed by atoms with E-state index in [9.17, 15) is 4.79 Å². The summed E-state index contributed by atoms with van der Waals surface area (Å²) in [5, 5.41) is 9.53. The van der Waals surface area contributed by atoms with Crippen LogP contribution in [0, 0.1) is 5.92 Å². The summed E-state index contributed by atoms with van der Waals surface area (Å²) >= 11 is 0. The van der Waals surface area contributed by atoms with Crippen molar-refractivity contribution >= 4 is 11.9 Å². The minimum Gasteiger partial charge on any atom is -0.484 e. The van der Waals surface area contributed by atoms with Crippen LogP contribution in [0.2, 0.25) is 0 Å². The number of guanidine groups is 1. The van der Waals surface area contributed by atoms with Gasteiger partial charge in [-0.25, -0.2) is 0 Å². The molecule has 0 aromatic heterocycles. The zero-order valence-electron chi connectivity index (χ0n) is 18.7. The van der Waals surface area contributed by atoms with Gasteiger partial charge in [0.05, 0.1) is 13.2 Å². The largest absolute Gasteiger partial charge is 0.484 e. The van der Waals surface area contributed by atoms with E-state index in [-0.39, 0.29) is 12.5 Å². The molecule has 30 heavy (non-hydrogen) atoms. The van der Waals surface area contributed by atoms with Crippen molar-refractivity contribution < 1.29 is 14.3 Å². The Bertz CT molecular complexity index is 642. The molecule has 0 aliphatic heterocycles. The molecule has 0 radical (unpaired) electrons. The second-order valence-corrected chi connectivity index (χ2v) is 8.01. The number of carbonyl (C=O) groups excluding carboxylic acids is 1. The molecule has 2 rings (SSSR count). The number of hydrogen-bond donors (Lipinski definition) is 3. The van der Waals surface area contributed by atoms with Gasteiger partial charge >= 0.3 is 0 Å². The average molecular weight is 419 g/mol. The molecule has 0 spiro atoms. The van der Waals surface area contributed by atoms with Crippen molar-refractivity contribution in [2.24, 2.45) is 10.9 Å². The highest BCUT2D eigenvalue weighted by Gasteiger charge is 2.23. The molecule has 168 valence electrons. The number of ether oxygens (including phenoxy) is 2. The van der Waals surface area contributed by atoms with E-state index in [4.69, 9.17) is 9.47 Å². The number of nitrogens with zero attached hydrogens (tertiary/aromatic N) is 1. The molecule has 1 amide bonds. The number of amides is 1. The predicted molar refractivity (Wildman–Crippen MR) is 121 cm³/mol. The van der Waals surface area contributed by atoms with Gasteiger partial charge in [0.2, 0.25) is 0 Å². The first-order valence-electron chi connectivity index (χ1n) is 11.2. The highest BCUT2D eigenvalue weighted by molar-refractivity contribution is 5.79. The van der Waals surface area contributed by atoms with E-state index in [0.29, 0.717) is 30.9 Å². The summed E-state index contributed by atoms with van der Waals surface area (Å²) in [5.41, 5.74) is 1.20. The normalized spacial score (nSPS) is 13.9. The number of rotatable bonds is 14. The van der Waals surface area contributed by atoms with Gasteiger partial charge in [0.25, 0.3) is 5.91 Å². The van der Waals surface area contributed by atoms with Crippen molar-refractivity contribution in [1.29, 1.82) is 0 Å². The van der Waals surface area contributed by atoms with Crippen molar-refractivity contribution in [1.82, 2.24) is 16.0 Å². The molecular formula is C23H38N4O3. The first-order valence-corrected chi connectivity index (χ1v) is 11.2. The smallest absolute Gasteiger partial charge is 0.258 e. The van der Waals surface area contributed by atoms with Gasteiger partial charge in [-0.3, -0.25) is 9.79 Å². The molecule has 1 aromatic rings. The van der Waals surface area contributed by atoms with Gasteiger partial charge in [-0.2, -0.15) is 0 Å². The Morgan fingerprint density at radius 2 is 1.93 bits per heavy atom. The van der Waals surface area contributed by atoms with Gasteiger partial charge in [-0.1, -0.05) is 26.0 Å². The molecule has 1 aromatic carbocycles. The van der Waals surface area contributed by atoms with Gasteiger partial charge in [0, 0.05) is 25.7 Å². The molecule has 0 heterocycles. The van der Waals surface area contributed by atoms with Crippen LogP contribution < -0.4 is 20.7 Å². The molecule has 1 saturated carbocycles. The predicted octanol–water partition coefficient (Wildman–Crippen LogP) is 2.50. The zero-order chi connectivity index (χ0) is 21.6. The standard InChI is InChI=1S/C23H38N4O3/c1-4-24-23(26-14-16-29-15-12-18(2)3)25-13-11-19-5-9-21(10-6-19)30-17-22(28)27-20-7-8-20/h5-6,9-10,18,20H,4,7-8,11-17H2,1-3H3,(H,27,28)(H2,24,25,26). The minimum atomic E-state index is -0.0497. The van der Waals surface area contributed by atoms with E-state index in [1.807, 2.05) is 24.3 Å². The molecule has 7 heteroatoms. The van der Waals surface area contributed by atoms with E-state index in [1.165, 1.54) is 5.56 Å². The second kappa shape index (κ2) is 13.9. The van der Waals surface area contributed by atoms with Crippen LogP contribution in [0.25, 0.3) is 0 Å². The topological polar surface area (TPSA) is 84.0 Å². The Balaban J connectivity index is 1.63. The maximum atomic E-state index is 11.7. The lowest BCUT2D eigenvalue weighted by atomic mass is 10.1. The number of aliphatic imine (C=N–C) groups is 1. The van der Waals surface area contributed by atoms with E-state index < -0.39 is 0 Å². The summed E-state index contributed by atoms with van der Waals surface area (Å²) in [7, 11) is 0. The SMILES string of the molecule is CCNC(=NCCOCCC(C)C)NCCc1ccc(OCC(=O)NC2CC2)cc1. The first kappa shape index (κ1) is 24.0. The Hall–Kier alpha value is -2.28. The Kier molecular flexibility index (Phi) is 11.1. The van der Waals surface area contributed by atoms with Crippen molar-refractivity contribution in [2.75, 3.05) is 39.5 Å². The molecular weight excluding hydrogens is 380 g/mol. The lowest BCUT2D eigenvalue weighted by molar-refractivity contribution is -0.123. The molecule has 0 unspecified atom stereocenters. The molecule has 7 nitrogen and oxygen atoms in total. The molecule has 3 N–H and O–H groups in total. The van der Waals surface area contributed by atoms with Crippen LogP contribution in [-0.4, -0.2) is 57.4 Å². The molecule has 1 aliphatic rings. The maximum Gasteiger partial charge on any atom is 0.258 e. The Morgan fingerprint density at radius 3 is 2.60 bits per heavy atom. The summed E-state index contributed by atoms with van der Waals surface area (Å²) in [4.78, 5) is 16.2. The van der Waals surface area contributed by atoms with Crippen molar-refractivity contribution in [3.8, 4) is 5.75 Å². The van der Waals surface area contributed by atoms with Gasteiger partial charge in [-0.15, -0.1) is 0 Å². The third kappa shape index (κ3) is 11.0. The van der Waals surface area contributed by atoms with Crippen LogP contribution in [-0.2, 0) is 16.0 Å². The van der Waals surface area contributed by atoms with E-state index >= 15 is 0 Å². The Labute approximate surface area is 181 Å². The third-order valence-corrected chi connectivity index (χ3v) is 4.63. The third-order valence-electron chi connectivity index (χ3n) is 4.63. The summed E-state index contributed by atoms with van der Waals surface area (Å²) < 4.78 is 11.2. The highest BCUT2D eigenvalue weighted by Crippen LogP contribution is 2.18. The lowest BCUT2D eigenvalue weighted by Crippen LogP contribution is -2.38. The van der Waals surface area contributed by atoms with Crippen molar-refractivity contribution in [3.05, 3.63) is 29.8 Å². The van der Waals surface area contributed by atoms with Crippen molar-refractivity contribution in [3.63, 3.8) is 0 Å².